The van der Waals surface area contributed by atoms with Crippen molar-refractivity contribution in [2.45, 2.75) is 37.6 Å². The van der Waals surface area contributed by atoms with Gasteiger partial charge in [0, 0.05) is 37.3 Å². The van der Waals surface area contributed by atoms with Crippen molar-refractivity contribution in [2.75, 3.05) is 30.8 Å². The predicted octanol–water partition coefficient (Wildman–Crippen LogP) is 4.74. The summed E-state index contributed by atoms with van der Waals surface area (Å²) in [5.41, 5.74) is 3.71. The highest BCUT2D eigenvalue weighted by atomic mass is 32.2. The molecule has 1 saturated heterocycles. The average Bonchev–Trinajstić information content (AvgIpc) is 2.68. The molecule has 0 bridgehead atoms. The fourth-order valence-electron chi connectivity index (χ4n) is 3.29. The zero-order valence-corrected chi connectivity index (χ0v) is 16.6. The van der Waals surface area contributed by atoms with Crippen LogP contribution in [0.3, 0.4) is 0 Å². The third-order valence-corrected chi connectivity index (χ3v) is 6.11. The Morgan fingerprint density at radius 1 is 1.04 bits per heavy atom. The Morgan fingerprint density at radius 3 is 2.42 bits per heavy atom. The second kappa shape index (κ2) is 9.13. The minimum absolute atomic E-state index is 0.165. The molecule has 2 aromatic rings. The highest BCUT2D eigenvalue weighted by Crippen LogP contribution is 2.23. The van der Waals surface area contributed by atoms with Crippen LogP contribution in [-0.2, 0) is 11.3 Å². The van der Waals surface area contributed by atoms with E-state index in [1.807, 2.05) is 24.1 Å². The molecule has 0 aliphatic carbocycles. The van der Waals surface area contributed by atoms with Crippen LogP contribution in [0.1, 0.15) is 30.4 Å². The van der Waals surface area contributed by atoms with Gasteiger partial charge in [-0.25, -0.2) is 0 Å². The van der Waals surface area contributed by atoms with E-state index in [9.17, 15) is 4.79 Å². The highest BCUT2D eigenvalue weighted by molar-refractivity contribution is 8.00. The summed E-state index contributed by atoms with van der Waals surface area (Å²) < 4.78 is 0. The fourth-order valence-corrected chi connectivity index (χ4v) is 4.26. The molecule has 0 atom stereocenters. The van der Waals surface area contributed by atoms with Crippen LogP contribution < -0.4 is 4.90 Å². The number of nitrogens with zero attached hydrogens (tertiary/aromatic N) is 2. The van der Waals surface area contributed by atoms with Gasteiger partial charge in [-0.3, -0.25) is 4.79 Å². The summed E-state index contributed by atoms with van der Waals surface area (Å²) in [5, 5.41) is 0. The number of carbonyl (C=O) groups is 1. The number of hydrogen-bond acceptors (Lipinski definition) is 3. The molecule has 0 unspecified atom stereocenters. The molecule has 1 aliphatic rings. The number of carbonyl (C=O) groups excluding carboxylic acids is 1. The van der Waals surface area contributed by atoms with Crippen molar-refractivity contribution < 1.29 is 4.79 Å². The normalized spacial score (nSPS) is 14.3. The first kappa shape index (κ1) is 18.8. The van der Waals surface area contributed by atoms with E-state index in [1.54, 1.807) is 11.8 Å². The van der Waals surface area contributed by atoms with Crippen LogP contribution in [0.15, 0.2) is 53.4 Å². The second-order valence-corrected chi connectivity index (χ2v) is 8.04. The summed E-state index contributed by atoms with van der Waals surface area (Å²) in [5.74, 6) is 0.645. The minimum atomic E-state index is 0.165. The van der Waals surface area contributed by atoms with Crippen molar-refractivity contribution in [3.63, 3.8) is 0 Å². The van der Waals surface area contributed by atoms with E-state index in [1.165, 1.54) is 41.0 Å². The van der Waals surface area contributed by atoms with E-state index in [0.717, 1.165) is 13.1 Å². The monoisotopic (exact) mass is 368 g/mol. The first-order valence-corrected chi connectivity index (χ1v) is 10.4. The summed E-state index contributed by atoms with van der Waals surface area (Å²) in [4.78, 5) is 17.9. The van der Waals surface area contributed by atoms with Crippen LogP contribution in [0.2, 0.25) is 0 Å². The first-order chi connectivity index (χ1) is 12.6. The van der Waals surface area contributed by atoms with E-state index < -0.39 is 0 Å². The molecule has 0 aromatic heterocycles. The lowest BCUT2D eigenvalue weighted by atomic mass is 10.1. The van der Waals surface area contributed by atoms with Crippen LogP contribution >= 0.6 is 11.8 Å². The largest absolute Gasteiger partial charge is 0.372 e. The molecule has 0 N–H and O–H groups in total. The van der Waals surface area contributed by atoms with Crippen LogP contribution in [0.5, 0.6) is 0 Å². The number of benzene rings is 2. The number of amides is 1. The topological polar surface area (TPSA) is 23.6 Å². The summed E-state index contributed by atoms with van der Waals surface area (Å²) in [6.07, 6.45) is 3.93. The molecule has 4 heteroatoms. The molecule has 0 spiro atoms. The number of hydrogen-bond donors (Lipinski definition) is 0. The van der Waals surface area contributed by atoms with E-state index in [0.29, 0.717) is 12.3 Å². The van der Waals surface area contributed by atoms with E-state index in [2.05, 4.69) is 48.2 Å². The molecular formula is C22H28N2OS. The lowest BCUT2D eigenvalue weighted by molar-refractivity contribution is -0.127. The molecule has 3 rings (SSSR count). The fraction of sp³-hybridized carbons (Fsp3) is 0.409. The van der Waals surface area contributed by atoms with Crippen LogP contribution in [0.25, 0.3) is 0 Å². The molecule has 1 fully saturated rings. The Labute approximate surface area is 161 Å². The van der Waals surface area contributed by atoms with Gasteiger partial charge in [0.05, 0.1) is 5.75 Å². The van der Waals surface area contributed by atoms with E-state index in [4.69, 9.17) is 0 Å². The maximum absolute atomic E-state index is 12.4. The molecule has 0 radical (unpaired) electrons. The van der Waals surface area contributed by atoms with Crippen molar-refractivity contribution in [1.29, 1.82) is 0 Å². The van der Waals surface area contributed by atoms with Gasteiger partial charge in [0.2, 0.25) is 5.91 Å². The van der Waals surface area contributed by atoms with Gasteiger partial charge in [-0.05, 0) is 55.5 Å². The molecule has 1 amide bonds. The molecule has 0 saturated carbocycles. The van der Waals surface area contributed by atoms with Crippen LogP contribution in [-0.4, -0.2) is 36.7 Å². The molecule has 1 heterocycles. The third-order valence-electron chi connectivity index (χ3n) is 4.95. The smallest absolute Gasteiger partial charge is 0.232 e. The summed E-state index contributed by atoms with van der Waals surface area (Å²) in [6, 6.07) is 16.9. The number of rotatable bonds is 6. The SMILES string of the molecule is Cc1ccccc1SCC(=O)N(C)Cc1ccc(N2CCCCC2)cc1. The number of anilines is 1. The van der Waals surface area contributed by atoms with Gasteiger partial charge in [-0.15, -0.1) is 11.8 Å². The Balaban J connectivity index is 1.51. The predicted molar refractivity (Wildman–Crippen MR) is 111 cm³/mol. The Bertz CT molecular complexity index is 723. The standard InChI is InChI=1S/C22H28N2OS/c1-18-8-4-5-9-21(18)26-17-22(25)23(2)16-19-10-12-20(13-11-19)24-14-6-3-7-15-24/h4-5,8-13H,3,6-7,14-17H2,1-2H3. The van der Waals surface area contributed by atoms with Gasteiger partial charge >= 0.3 is 0 Å². The van der Waals surface area contributed by atoms with Crippen molar-refractivity contribution in [3.8, 4) is 0 Å². The molecule has 1 aliphatic heterocycles. The number of aryl methyl sites for hydroxylation is 1. The molecular weight excluding hydrogens is 340 g/mol. The summed E-state index contributed by atoms with van der Waals surface area (Å²) >= 11 is 1.62. The number of piperidine rings is 1. The van der Waals surface area contributed by atoms with Crippen LogP contribution in [0, 0.1) is 6.92 Å². The van der Waals surface area contributed by atoms with Crippen molar-refractivity contribution in [3.05, 3.63) is 59.7 Å². The van der Waals surface area contributed by atoms with Crippen molar-refractivity contribution >= 4 is 23.4 Å². The summed E-state index contributed by atoms with van der Waals surface area (Å²) in [6.45, 7) is 5.07. The second-order valence-electron chi connectivity index (χ2n) is 7.02. The number of thioether (sulfide) groups is 1. The quantitative estimate of drug-likeness (QED) is 0.688. The summed E-state index contributed by atoms with van der Waals surface area (Å²) in [7, 11) is 1.89. The van der Waals surface area contributed by atoms with Gasteiger partial charge in [-0.1, -0.05) is 30.3 Å². The lowest BCUT2D eigenvalue weighted by Gasteiger charge is -2.29. The third kappa shape index (κ3) is 5.04. The Hall–Kier alpha value is -1.94. The zero-order chi connectivity index (χ0) is 18.4. The van der Waals surface area contributed by atoms with E-state index >= 15 is 0 Å². The highest BCUT2D eigenvalue weighted by Gasteiger charge is 2.13. The Morgan fingerprint density at radius 2 is 1.73 bits per heavy atom. The zero-order valence-electron chi connectivity index (χ0n) is 15.8. The lowest BCUT2D eigenvalue weighted by Crippen LogP contribution is -2.29. The van der Waals surface area contributed by atoms with Crippen LogP contribution in [0.4, 0.5) is 5.69 Å². The van der Waals surface area contributed by atoms with Crippen molar-refractivity contribution in [2.24, 2.45) is 0 Å². The van der Waals surface area contributed by atoms with Gasteiger partial charge in [0.25, 0.3) is 0 Å². The molecule has 26 heavy (non-hydrogen) atoms. The maximum Gasteiger partial charge on any atom is 0.232 e. The van der Waals surface area contributed by atoms with E-state index in [-0.39, 0.29) is 5.91 Å². The van der Waals surface area contributed by atoms with Gasteiger partial charge in [-0.2, -0.15) is 0 Å². The first-order valence-electron chi connectivity index (χ1n) is 9.40. The average molecular weight is 369 g/mol. The molecule has 2 aromatic carbocycles. The van der Waals surface area contributed by atoms with Gasteiger partial charge in [0.15, 0.2) is 0 Å². The van der Waals surface area contributed by atoms with Gasteiger partial charge in [0.1, 0.15) is 0 Å². The van der Waals surface area contributed by atoms with Crippen molar-refractivity contribution in [1.82, 2.24) is 4.90 Å². The van der Waals surface area contributed by atoms with Gasteiger partial charge < -0.3 is 9.80 Å². The Kier molecular flexibility index (Phi) is 6.62. The molecule has 3 nitrogen and oxygen atoms in total. The maximum atomic E-state index is 12.4. The minimum Gasteiger partial charge on any atom is -0.372 e. The molecule has 138 valence electrons.